The fourth-order valence-electron chi connectivity index (χ4n) is 1.45. The third-order valence-corrected chi connectivity index (χ3v) is 2.90. The fraction of sp³-hybridized carbons (Fsp3) is 0.0909. The van der Waals surface area contributed by atoms with Crippen molar-refractivity contribution in [3.63, 3.8) is 0 Å². The number of aromatic nitrogens is 2. The predicted molar refractivity (Wildman–Crippen MR) is 70.1 cm³/mol. The third-order valence-electron chi connectivity index (χ3n) is 2.24. The average molecular weight is 311 g/mol. The molecule has 2 rings (SSSR count). The molecule has 0 spiro atoms. The van der Waals surface area contributed by atoms with Crippen LogP contribution in [0.25, 0.3) is 0 Å². The van der Waals surface area contributed by atoms with E-state index in [4.69, 9.17) is 15.7 Å². The van der Waals surface area contributed by atoms with Crippen molar-refractivity contribution in [1.29, 1.82) is 0 Å². The first-order valence-electron chi connectivity index (χ1n) is 5.08. The molecule has 94 valence electrons. The minimum Gasteiger partial charge on any atom is -0.437 e. The van der Waals surface area contributed by atoms with Gasteiger partial charge in [0.1, 0.15) is 5.75 Å². The number of amidine groups is 1. The zero-order chi connectivity index (χ0) is 13.1. The van der Waals surface area contributed by atoms with Crippen molar-refractivity contribution in [2.24, 2.45) is 10.9 Å². The number of benzene rings is 1. The Labute approximate surface area is 112 Å². The molecule has 0 atom stereocenters. The number of nitrogens with one attached hydrogen (secondary N) is 1. The smallest absolute Gasteiger partial charge is 0.238 e. The first-order valence-corrected chi connectivity index (χ1v) is 5.87. The molecule has 0 saturated heterocycles. The van der Waals surface area contributed by atoms with Crippen molar-refractivity contribution < 1.29 is 9.94 Å². The lowest BCUT2D eigenvalue weighted by molar-refractivity contribution is 0.318. The second kappa shape index (κ2) is 5.09. The largest absolute Gasteiger partial charge is 0.437 e. The first-order chi connectivity index (χ1) is 8.61. The molecule has 1 heterocycles. The van der Waals surface area contributed by atoms with Crippen molar-refractivity contribution in [1.82, 2.24) is 10.2 Å². The predicted octanol–water partition coefficient (Wildman–Crippen LogP) is 2.37. The summed E-state index contributed by atoms with van der Waals surface area (Å²) in [4.78, 5) is 0. The van der Waals surface area contributed by atoms with Gasteiger partial charge in [-0.15, -0.1) is 5.10 Å². The number of hydrogen-bond acceptors (Lipinski definition) is 4. The monoisotopic (exact) mass is 310 g/mol. The van der Waals surface area contributed by atoms with Gasteiger partial charge in [0.25, 0.3) is 0 Å². The molecular formula is C11H11BrN4O2. The number of aromatic amines is 1. The van der Waals surface area contributed by atoms with Crippen LogP contribution in [0.1, 0.15) is 11.3 Å². The molecule has 0 aliphatic rings. The van der Waals surface area contributed by atoms with E-state index in [0.29, 0.717) is 21.7 Å². The summed E-state index contributed by atoms with van der Waals surface area (Å²) < 4.78 is 6.26. The van der Waals surface area contributed by atoms with E-state index < -0.39 is 0 Å². The summed E-state index contributed by atoms with van der Waals surface area (Å²) in [5.41, 5.74) is 6.97. The van der Waals surface area contributed by atoms with E-state index in [1.165, 1.54) is 0 Å². The third kappa shape index (κ3) is 2.45. The molecule has 18 heavy (non-hydrogen) atoms. The number of hydrogen-bond donors (Lipinski definition) is 3. The summed E-state index contributed by atoms with van der Waals surface area (Å²) in [6.45, 7) is 1.87. The van der Waals surface area contributed by atoms with E-state index in [2.05, 4.69) is 31.3 Å². The van der Waals surface area contributed by atoms with Crippen LogP contribution in [0.3, 0.4) is 0 Å². The zero-order valence-corrected chi connectivity index (χ0v) is 11.1. The van der Waals surface area contributed by atoms with Gasteiger partial charge in [0.05, 0.1) is 5.56 Å². The highest BCUT2D eigenvalue weighted by atomic mass is 79.9. The van der Waals surface area contributed by atoms with Gasteiger partial charge in [-0.05, 0) is 35.0 Å². The first kappa shape index (κ1) is 12.4. The molecule has 0 amide bonds. The molecule has 0 aliphatic carbocycles. The van der Waals surface area contributed by atoms with Gasteiger partial charge >= 0.3 is 0 Å². The maximum atomic E-state index is 8.77. The molecule has 0 bridgehead atoms. The highest BCUT2D eigenvalue weighted by molar-refractivity contribution is 9.10. The van der Waals surface area contributed by atoms with Crippen LogP contribution in [-0.4, -0.2) is 21.2 Å². The van der Waals surface area contributed by atoms with Crippen molar-refractivity contribution >= 4 is 21.8 Å². The number of nitrogens with two attached hydrogens (primary N) is 1. The van der Waals surface area contributed by atoms with Gasteiger partial charge in [-0.25, -0.2) is 0 Å². The van der Waals surface area contributed by atoms with E-state index in [9.17, 15) is 0 Å². The van der Waals surface area contributed by atoms with Crippen LogP contribution in [0.15, 0.2) is 33.9 Å². The van der Waals surface area contributed by atoms with Crippen molar-refractivity contribution in [3.8, 4) is 11.6 Å². The minimum absolute atomic E-state index is 0.0373. The summed E-state index contributed by atoms with van der Waals surface area (Å²) in [5, 5.41) is 18.5. The average Bonchev–Trinajstić information content (AvgIpc) is 2.74. The maximum Gasteiger partial charge on any atom is 0.238 e. The summed E-state index contributed by atoms with van der Waals surface area (Å²) in [5.74, 6) is 0.827. The molecule has 7 heteroatoms. The molecule has 2 aromatic rings. The van der Waals surface area contributed by atoms with Crippen LogP contribution in [0.4, 0.5) is 0 Å². The number of aryl methyl sites for hydroxylation is 1. The Bertz CT molecular complexity index is 594. The normalized spacial score (nSPS) is 11.6. The molecule has 0 unspecified atom stereocenters. The van der Waals surface area contributed by atoms with Crippen LogP contribution in [0.2, 0.25) is 0 Å². The SMILES string of the molecule is Cc1cc(Oc2cccc(Br)c2/C(N)=N/O)n[nH]1. The fourth-order valence-corrected chi connectivity index (χ4v) is 2.00. The molecule has 6 nitrogen and oxygen atoms in total. The van der Waals surface area contributed by atoms with Crippen LogP contribution >= 0.6 is 15.9 Å². The second-order valence-corrected chi connectivity index (χ2v) is 4.44. The Morgan fingerprint density at radius 3 is 2.94 bits per heavy atom. The van der Waals surface area contributed by atoms with Crippen molar-refractivity contribution in [3.05, 3.63) is 40.0 Å². The van der Waals surface area contributed by atoms with E-state index in [1.54, 1.807) is 24.3 Å². The van der Waals surface area contributed by atoms with Crippen LogP contribution < -0.4 is 10.5 Å². The molecule has 0 radical (unpaired) electrons. The van der Waals surface area contributed by atoms with Crippen LogP contribution in [0.5, 0.6) is 11.6 Å². The van der Waals surface area contributed by atoms with Gasteiger partial charge in [-0.1, -0.05) is 11.2 Å². The molecule has 1 aromatic heterocycles. The van der Waals surface area contributed by atoms with Crippen LogP contribution in [0, 0.1) is 6.92 Å². The summed E-state index contributed by atoms with van der Waals surface area (Å²) in [6.07, 6.45) is 0. The van der Waals surface area contributed by atoms with Gasteiger partial charge in [0.2, 0.25) is 5.88 Å². The van der Waals surface area contributed by atoms with Crippen molar-refractivity contribution in [2.75, 3.05) is 0 Å². The van der Waals surface area contributed by atoms with E-state index in [1.807, 2.05) is 6.92 Å². The zero-order valence-electron chi connectivity index (χ0n) is 9.51. The standard InChI is InChI=1S/C11H11BrN4O2/c1-6-5-9(15-14-6)18-8-4-2-3-7(12)10(8)11(13)16-17/h2-5,17H,1H3,(H2,13,16)(H,14,15). The molecular weight excluding hydrogens is 300 g/mol. The van der Waals surface area contributed by atoms with Crippen LogP contribution in [-0.2, 0) is 0 Å². The Morgan fingerprint density at radius 2 is 2.33 bits per heavy atom. The maximum absolute atomic E-state index is 8.77. The Morgan fingerprint density at radius 1 is 1.56 bits per heavy atom. The van der Waals surface area contributed by atoms with E-state index >= 15 is 0 Å². The van der Waals surface area contributed by atoms with Gasteiger partial charge < -0.3 is 15.7 Å². The number of nitrogens with zero attached hydrogens (tertiary/aromatic N) is 2. The van der Waals surface area contributed by atoms with Gasteiger partial charge in [-0.2, -0.15) is 0 Å². The number of rotatable bonds is 3. The lowest BCUT2D eigenvalue weighted by atomic mass is 10.2. The van der Waals surface area contributed by atoms with Gasteiger partial charge in [0, 0.05) is 16.2 Å². The summed E-state index contributed by atoms with van der Waals surface area (Å²) in [6, 6.07) is 7.02. The lowest BCUT2D eigenvalue weighted by Crippen LogP contribution is -2.15. The van der Waals surface area contributed by atoms with E-state index in [-0.39, 0.29) is 5.84 Å². The van der Waals surface area contributed by atoms with Gasteiger partial charge in [-0.3, -0.25) is 5.10 Å². The number of oxime groups is 1. The quantitative estimate of drug-likeness (QED) is 0.351. The number of halogens is 1. The topological polar surface area (TPSA) is 96.5 Å². The minimum atomic E-state index is -0.0373. The highest BCUT2D eigenvalue weighted by Gasteiger charge is 2.14. The Hall–Kier alpha value is -2.02. The van der Waals surface area contributed by atoms with Gasteiger partial charge in [0.15, 0.2) is 5.84 Å². The summed E-state index contributed by atoms with van der Waals surface area (Å²) >= 11 is 3.33. The van der Waals surface area contributed by atoms with E-state index in [0.717, 1.165) is 5.69 Å². The molecule has 0 saturated carbocycles. The molecule has 1 aromatic carbocycles. The Balaban J connectivity index is 2.41. The lowest BCUT2D eigenvalue weighted by Gasteiger charge is -2.09. The number of ether oxygens (including phenoxy) is 1. The molecule has 4 N–H and O–H groups in total. The van der Waals surface area contributed by atoms with Crippen molar-refractivity contribution in [2.45, 2.75) is 6.92 Å². The highest BCUT2D eigenvalue weighted by Crippen LogP contribution is 2.29. The number of H-pyrrole nitrogens is 1. The molecule has 0 fully saturated rings. The molecule has 0 aliphatic heterocycles. The Kier molecular flexibility index (Phi) is 3.52. The summed E-state index contributed by atoms with van der Waals surface area (Å²) in [7, 11) is 0. The second-order valence-electron chi connectivity index (χ2n) is 3.59.